The molecule has 0 bridgehead atoms. The average molecular weight is 519 g/mol. The third kappa shape index (κ3) is 10.4. The minimum atomic E-state index is -1.28. The Bertz CT molecular complexity index is 839. The van der Waals surface area contributed by atoms with Crippen molar-refractivity contribution in [3.63, 3.8) is 0 Å². The summed E-state index contributed by atoms with van der Waals surface area (Å²) >= 11 is 5.31. The molecule has 15 heteroatoms. The van der Waals surface area contributed by atoms with E-state index in [9.17, 15) is 24.0 Å². The van der Waals surface area contributed by atoms with Crippen LogP contribution in [0.2, 0.25) is 0 Å². The molecule has 1 aromatic rings. The molecule has 0 aliphatic carbocycles. The second-order valence-corrected chi connectivity index (χ2v) is 8.66. The van der Waals surface area contributed by atoms with E-state index in [0.717, 1.165) is 0 Å². The molecule has 0 aromatic carbocycles. The van der Waals surface area contributed by atoms with Crippen LogP contribution in [0.15, 0.2) is 12.5 Å². The zero-order chi connectivity index (χ0) is 25.7. The number of rotatable bonds is 16. The first-order valence-corrected chi connectivity index (χ1v) is 12.3. The Kier molecular flexibility index (Phi) is 13.1. The Balaban J connectivity index is 2.92. The van der Waals surface area contributed by atoms with Crippen molar-refractivity contribution in [2.45, 2.75) is 49.9 Å². The lowest BCUT2D eigenvalue weighted by Crippen LogP contribution is -2.57. The Hall–Kier alpha value is -2.78. The van der Waals surface area contributed by atoms with E-state index in [-0.39, 0.29) is 25.0 Å². The van der Waals surface area contributed by atoms with Gasteiger partial charge in [0.25, 0.3) is 0 Å². The maximum atomic E-state index is 12.9. The van der Waals surface area contributed by atoms with Gasteiger partial charge in [-0.2, -0.15) is 24.4 Å². The number of aliphatic carboxylic acids is 2. The molecule has 34 heavy (non-hydrogen) atoms. The molecule has 1 rings (SSSR count). The van der Waals surface area contributed by atoms with Crippen molar-refractivity contribution in [2.24, 2.45) is 5.73 Å². The van der Waals surface area contributed by atoms with E-state index in [1.165, 1.54) is 24.3 Å². The summed E-state index contributed by atoms with van der Waals surface area (Å²) in [5.74, 6) is -4.36. The molecular formula is C19H30N6O7S2. The van der Waals surface area contributed by atoms with E-state index in [0.29, 0.717) is 11.4 Å². The van der Waals surface area contributed by atoms with Crippen LogP contribution in [0.25, 0.3) is 0 Å². The standard InChI is InChI=1S/C19H30N6O7S2/c1-34-5-4-13(18(30)25-14(8-33)19(31)32)24-17(29)12(2-3-15(26)27)23-16(28)11(20)6-10-7-21-9-22-10/h7,9,11-14,33H,2-6,8,20H2,1H3,(H,21,22)(H,23,28)(H,24,29)(H,25,30)(H,26,27)(H,31,32). The number of aromatic amines is 1. The first kappa shape index (κ1) is 29.3. The summed E-state index contributed by atoms with van der Waals surface area (Å²) in [6.45, 7) is 0. The van der Waals surface area contributed by atoms with Gasteiger partial charge in [0.15, 0.2) is 0 Å². The normalized spacial score (nSPS) is 14.3. The zero-order valence-corrected chi connectivity index (χ0v) is 20.2. The fourth-order valence-corrected chi connectivity index (χ4v) is 3.49. The molecule has 1 heterocycles. The van der Waals surface area contributed by atoms with Crippen molar-refractivity contribution in [1.29, 1.82) is 0 Å². The summed E-state index contributed by atoms with van der Waals surface area (Å²) < 4.78 is 0. The molecule has 0 fully saturated rings. The van der Waals surface area contributed by atoms with Gasteiger partial charge in [-0.3, -0.25) is 19.2 Å². The van der Waals surface area contributed by atoms with E-state index >= 15 is 0 Å². The first-order chi connectivity index (χ1) is 16.1. The number of imidazole rings is 1. The van der Waals surface area contributed by atoms with Crippen molar-refractivity contribution in [3.8, 4) is 0 Å². The topological polar surface area (TPSA) is 217 Å². The second-order valence-electron chi connectivity index (χ2n) is 7.31. The molecule has 0 aliphatic heterocycles. The average Bonchev–Trinajstić information content (AvgIpc) is 3.29. The van der Waals surface area contributed by atoms with Crippen LogP contribution in [-0.2, 0) is 30.4 Å². The fourth-order valence-electron chi connectivity index (χ4n) is 2.78. The molecule has 0 radical (unpaired) electrons. The summed E-state index contributed by atoms with van der Waals surface area (Å²) in [5.41, 5.74) is 6.49. The lowest BCUT2D eigenvalue weighted by molar-refractivity contribution is -0.141. The molecule has 8 N–H and O–H groups in total. The summed E-state index contributed by atoms with van der Waals surface area (Å²) in [4.78, 5) is 66.9. The predicted molar refractivity (Wildman–Crippen MR) is 127 cm³/mol. The number of hydrogen-bond acceptors (Lipinski definition) is 9. The Morgan fingerprint density at radius 2 is 1.65 bits per heavy atom. The smallest absolute Gasteiger partial charge is 0.327 e. The lowest BCUT2D eigenvalue weighted by Gasteiger charge is -2.24. The Morgan fingerprint density at radius 1 is 1.06 bits per heavy atom. The van der Waals surface area contributed by atoms with Gasteiger partial charge in [0, 0.05) is 30.5 Å². The van der Waals surface area contributed by atoms with Crippen molar-refractivity contribution in [2.75, 3.05) is 17.8 Å². The van der Waals surface area contributed by atoms with Crippen LogP contribution in [0.3, 0.4) is 0 Å². The molecular weight excluding hydrogens is 488 g/mol. The van der Waals surface area contributed by atoms with E-state index in [1.54, 1.807) is 6.26 Å². The summed E-state index contributed by atoms with van der Waals surface area (Å²) in [6.07, 6.45) is 4.33. The van der Waals surface area contributed by atoms with Crippen LogP contribution in [0, 0.1) is 0 Å². The quantitative estimate of drug-likeness (QED) is 0.117. The monoisotopic (exact) mass is 518 g/mol. The number of nitrogens with two attached hydrogens (primary N) is 1. The van der Waals surface area contributed by atoms with Gasteiger partial charge < -0.3 is 36.9 Å². The highest BCUT2D eigenvalue weighted by molar-refractivity contribution is 7.98. The predicted octanol–water partition coefficient (Wildman–Crippen LogP) is -1.63. The maximum Gasteiger partial charge on any atom is 0.327 e. The number of aromatic nitrogens is 2. The van der Waals surface area contributed by atoms with Crippen LogP contribution in [0.4, 0.5) is 0 Å². The van der Waals surface area contributed by atoms with Crippen molar-refractivity contribution in [3.05, 3.63) is 18.2 Å². The molecule has 0 saturated carbocycles. The third-order valence-electron chi connectivity index (χ3n) is 4.65. The number of carboxylic acids is 2. The molecule has 0 saturated heterocycles. The number of thioether (sulfide) groups is 1. The van der Waals surface area contributed by atoms with Crippen molar-refractivity contribution in [1.82, 2.24) is 25.9 Å². The molecule has 190 valence electrons. The highest BCUT2D eigenvalue weighted by Gasteiger charge is 2.30. The number of nitrogens with one attached hydrogen (secondary N) is 4. The maximum absolute atomic E-state index is 12.9. The zero-order valence-electron chi connectivity index (χ0n) is 18.5. The third-order valence-corrected chi connectivity index (χ3v) is 5.66. The molecule has 3 amide bonds. The van der Waals surface area contributed by atoms with E-state index in [1.807, 2.05) is 0 Å². The number of nitrogens with zero attached hydrogens (tertiary/aromatic N) is 1. The Morgan fingerprint density at radius 3 is 2.15 bits per heavy atom. The van der Waals surface area contributed by atoms with Crippen molar-refractivity contribution >= 4 is 54.1 Å². The van der Waals surface area contributed by atoms with Gasteiger partial charge in [0.05, 0.1) is 12.4 Å². The highest BCUT2D eigenvalue weighted by atomic mass is 32.2. The number of thiol groups is 1. The Labute approximate surface area is 205 Å². The lowest BCUT2D eigenvalue weighted by atomic mass is 10.1. The molecule has 0 spiro atoms. The first-order valence-electron chi connectivity index (χ1n) is 10.3. The van der Waals surface area contributed by atoms with Crippen LogP contribution >= 0.6 is 24.4 Å². The second kappa shape index (κ2) is 15.2. The van der Waals surface area contributed by atoms with Crippen LogP contribution < -0.4 is 21.7 Å². The number of hydrogen-bond donors (Lipinski definition) is 8. The summed E-state index contributed by atoms with van der Waals surface area (Å²) in [5, 5.41) is 25.4. The van der Waals surface area contributed by atoms with Crippen LogP contribution in [0.1, 0.15) is 25.0 Å². The van der Waals surface area contributed by atoms with Gasteiger partial charge in [-0.15, -0.1) is 0 Å². The van der Waals surface area contributed by atoms with Gasteiger partial charge in [0.1, 0.15) is 18.1 Å². The number of amides is 3. The molecule has 4 unspecified atom stereocenters. The highest BCUT2D eigenvalue weighted by Crippen LogP contribution is 2.06. The molecule has 4 atom stereocenters. The number of carbonyl (C=O) groups excluding carboxylic acids is 3. The largest absolute Gasteiger partial charge is 0.481 e. The van der Waals surface area contributed by atoms with E-state index < -0.39 is 60.2 Å². The van der Waals surface area contributed by atoms with Gasteiger partial charge >= 0.3 is 11.9 Å². The fraction of sp³-hybridized carbons (Fsp3) is 0.579. The van der Waals surface area contributed by atoms with Crippen molar-refractivity contribution < 1.29 is 34.2 Å². The summed E-state index contributed by atoms with van der Waals surface area (Å²) in [7, 11) is 0. The SMILES string of the molecule is CSCCC(NC(=O)C(CCC(=O)O)NC(=O)C(N)Cc1cnc[nH]1)C(=O)NC(CS)C(=O)O. The van der Waals surface area contributed by atoms with Crippen LogP contribution in [-0.4, -0.2) is 91.8 Å². The number of carbonyl (C=O) groups is 5. The van der Waals surface area contributed by atoms with E-state index in [4.69, 9.17) is 15.9 Å². The van der Waals surface area contributed by atoms with Gasteiger partial charge in [-0.05, 0) is 24.9 Å². The van der Waals surface area contributed by atoms with E-state index in [2.05, 4.69) is 38.5 Å². The number of H-pyrrole nitrogens is 1. The molecule has 13 nitrogen and oxygen atoms in total. The minimum absolute atomic E-state index is 0.109. The molecule has 1 aromatic heterocycles. The minimum Gasteiger partial charge on any atom is -0.481 e. The van der Waals surface area contributed by atoms with Gasteiger partial charge in [0.2, 0.25) is 17.7 Å². The number of carboxylic acid groups (broad SMARTS) is 2. The summed E-state index contributed by atoms with van der Waals surface area (Å²) in [6, 6.07) is -4.68. The molecule has 0 aliphatic rings. The van der Waals surface area contributed by atoms with Crippen LogP contribution in [0.5, 0.6) is 0 Å². The van der Waals surface area contributed by atoms with Gasteiger partial charge in [-0.1, -0.05) is 0 Å². The van der Waals surface area contributed by atoms with Gasteiger partial charge in [-0.25, -0.2) is 9.78 Å².